The molecule has 0 bridgehead atoms. The van der Waals surface area contributed by atoms with Crippen molar-refractivity contribution in [3.63, 3.8) is 0 Å². The summed E-state index contributed by atoms with van der Waals surface area (Å²) in [5, 5.41) is 5.83. The van der Waals surface area contributed by atoms with Crippen molar-refractivity contribution >= 4 is 17.3 Å². The van der Waals surface area contributed by atoms with Gasteiger partial charge in [0.15, 0.2) is 0 Å². The molecule has 2 rings (SSSR count). The molecule has 110 valence electrons. The second kappa shape index (κ2) is 6.65. The fourth-order valence-electron chi connectivity index (χ4n) is 2.03. The van der Waals surface area contributed by atoms with E-state index in [4.69, 9.17) is 10.5 Å². The molecule has 0 spiro atoms. The fraction of sp³-hybridized carbons (Fsp3) is 0.188. The molecule has 0 heterocycles. The number of nitrogens with one attached hydrogen (secondary N) is 2. The average Bonchev–Trinajstić information content (AvgIpc) is 2.53. The Balaban J connectivity index is 2.17. The molecule has 5 heteroatoms. The van der Waals surface area contributed by atoms with E-state index in [2.05, 4.69) is 10.6 Å². The van der Waals surface area contributed by atoms with Gasteiger partial charge < -0.3 is 21.1 Å². The summed E-state index contributed by atoms with van der Waals surface area (Å²) in [6, 6.07) is 12.9. The second-order valence-corrected chi connectivity index (χ2v) is 4.55. The number of anilines is 2. The predicted molar refractivity (Wildman–Crippen MR) is 84.6 cm³/mol. The number of nitrogen functional groups attached to an aromatic ring is 1. The van der Waals surface area contributed by atoms with Crippen LogP contribution in [-0.4, -0.2) is 20.1 Å². The van der Waals surface area contributed by atoms with Gasteiger partial charge in [-0.25, -0.2) is 0 Å². The van der Waals surface area contributed by atoms with Gasteiger partial charge in [0.1, 0.15) is 5.75 Å². The van der Waals surface area contributed by atoms with Crippen LogP contribution in [0.4, 0.5) is 11.4 Å². The van der Waals surface area contributed by atoms with E-state index in [1.54, 1.807) is 32.4 Å². The van der Waals surface area contributed by atoms with Crippen LogP contribution in [0.1, 0.15) is 15.9 Å². The molecule has 2 aromatic rings. The highest BCUT2D eigenvalue weighted by Crippen LogP contribution is 2.23. The van der Waals surface area contributed by atoms with E-state index in [1.807, 2.05) is 24.3 Å². The smallest absolute Gasteiger partial charge is 0.251 e. The lowest BCUT2D eigenvalue weighted by Crippen LogP contribution is -2.18. The highest BCUT2D eigenvalue weighted by atomic mass is 16.5. The Hall–Kier alpha value is -2.69. The SMILES string of the molecule is CNC(=O)c1ccc(N)c(NCc2ccccc2OC)c1. The van der Waals surface area contributed by atoms with Crippen molar-refractivity contribution < 1.29 is 9.53 Å². The van der Waals surface area contributed by atoms with Crippen molar-refractivity contribution in [1.29, 1.82) is 0 Å². The molecule has 0 aliphatic carbocycles. The van der Waals surface area contributed by atoms with Crippen molar-refractivity contribution in [3.8, 4) is 5.75 Å². The van der Waals surface area contributed by atoms with Crippen LogP contribution in [0, 0.1) is 0 Å². The van der Waals surface area contributed by atoms with Gasteiger partial charge in [-0.15, -0.1) is 0 Å². The third-order valence-corrected chi connectivity index (χ3v) is 3.20. The summed E-state index contributed by atoms with van der Waals surface area (Å²) >= 11 is 0. The van der Waals surface area contributed by atoms with Crippen LogP contribution in [0.3, 0.4) is 0 Å². The summed E-state index contributed by atoms with van der Waals surface area (Å²) in [4.78, 5) is 11.7. The first-order valence-electron chi connectivity index (χ1n) is 6.63. The lowest BCUT2D eigenvalue weighted by molar-refractivity contribution is 0.0963. The van der Waals surface area contributed by atoms with E-state index in [0.29, 0.717) is 17.8 Å². The van der Waals surface area contributed by atoms with E-state index < -0.39 is 0 Å². The maximum atomic E-state index is 11.7. The number of para-hydroxylation sites is 1. The molecular formula is C16H19N3O2. The van der Waals surface area contributed by atoms with Crippen molar-refractivity contribution in [3.05, 3.63) is 53.6 Å². The molecule has 0 aromatic heterocycles. The lowest BCUT2D eigenvalue weighted by atomic mass is 10.1. The number of amides is 1. The molecule has 0 saturated heterocycles. The quantitative estimate of drug-likeness (QED) is 0.736. The molecule has 0 saturated carbocycles. The minimum Gasteiger partial charge on any atom is -0.496 e. The molecule has 1 amide bonds. The number of carbonyl (C=O) groups excluding carboxylic acids is 1. The molecule has 0 aliphatic heterocycles. The second-order valence-electron chi connectivity index (χ2n) is 4.55. The summed E-state index contributed by atoms with van der Waals surface area (Å²) < 4.78 is 5.31. The van der Waals surface area contributed by atoms with Crippen LogP contribution in [0.2, 0.25) is 0 Å². The van der Waals surface area contributed by atoms with Gasteiger partial charge >= 0.3 is 0 Å². The molecule has 0 aliphatic rings. The van der Waals surface area contributed by atoms with E-state index in [-0.39, 0.29) is 5.91 Å². The Morgan fingerprint density at radius 3 is 2.71 bits per heavy atom. The van der Waals surface area contributed by atoms with Gasteiger partial charge in [0, 0.05) is 24.7 Å². The summed E-state index contributed by atoms with van der Waals surface area (Å²) in [5.41, 5.74) is 8.84. The first-order chi connectivity index (χ1) is 10.2. The topological polar surface area (TPSA) is 76.4 Å². The van der Waals surface area contributed by atoms with E-state index in [9.17, 15) is 4.79 Å². The van der Waals surface area contributed by atoms with E-state index in [1.165, 1.54) is 0 Å². The molecule has 2 aromatic carbocycles. The zero-order valence-electron chi connectivity index (χ0n) is 12.1. The minimum absolute atomic E-state index is 0.143. The lowest BCUT2D eigenvalue weighted by Gasteiger charge is -2.13. The summed E-state index contributed by atoms with van der Waals surface area (Å²) in [6.45, 7) is 0.561. The Labute approximate surface area is 124 Å². The Morgan fingerprint density at radius 1 is 1.24 bits per heavy atom. The number of methoxy groups -OCH3 is 1. The maximum absolute atomic E-state index is 11.7. The monoisotopic (exact) mass is 285 g/mol. The predicted octanol–water partition coefficient (Wildman–Crippen LogP) is 2.25. The fourth-order valence-corrected chi connectivity index (χ4v) is 2.03. The van der Waals surface area contributed by atoms with E-state index in [0.717, 1.165) is 17.0 Å². The van der Waals surface area contributed by atoms with Gasteiger partial charge in [0.05, 0.1) is 18.5 Å². The largest absolute Gasteiger partial charge is 0.496 e. The van der Waals surface area contributed by atoms with Crippen molar-refractivity contribution in [2.75, 3.05) is 25.2 Å². The Morgan fingerprint density at radius 2 is 2.00 bits per heavy atom. The van der Waals surface area contributed by atoms with Crippen LogP contribution in [0.5, 0.6) is 5.75 Å². The molecule has 0 radical (unpaired) electrons. The number of hydrogen-bond acceptors (Lipinski definition) is 4. The van der Waals surface area contributed by atoms with Gasteiger partial charge in [-0.3, -0.25) is 4.79 Å². The molecule has 0 fully saturated rings. The van der Waals surface area contributed by atoms with Crippen LogP contribution in [0.25, 0.3) is 0 Å². The number of nitrogens with two attached hydrogens (primary N) is 1. The number of ether oxygens (including phenoxy) is 1. The maximum Gasteiger partial charge on any atom is 0.251 e. The summed E-state index contributed by atoms with van der Waals surface area (Å²) in [5.74, 6) is 0.668. The van der Waals surface area contributed by atoms with Gasteiger partial charge in [0.2, 0.25) is 0 Å². The zero-order valence-corrected chi connectivity index (χ0v) is 12.1. The molecule has 4 N–H and O–H groups in total. The van der Waals surface area contributed by atoms with Crippen LogP contribution >= 0.6 is 0 Å². The van der Waals surface area contributed by atoms with Crippen molar-refractivity contribution in [2.45, 2.75) is 6.54 Å². The first kappa shape index (κ1) is 14.7. The molecule has 0 atom stereocenters. The van der Waals surface area contributed by atoms with Crippen LogP contribution in [-0.2, 0) is 6.54 Å². The van der Waals surface area contributed by atoms with E-state index >= 15 is 0 Å². The van der Waals surface area contributed by atoms with Crippen LogP contribution < -0.4 is 21.1 Å². The normalized spacial score (nSPS) is 10.0. The molecular weight excluding hydrogens is 266 g/mol. The molecule has 21 heavy (non-hydrogen) atoms. The summed E-state index contributed by atoms with van der Waals surface area (Å²) in [6.07, 6.45) is 0. The van der Waals surface area contributed by atoms with Gasteiger partial charge in [-0.2, -0.15) is 0 Å². The van der Waals surface area contributed by atoms with Crippen molar-refractivity contribution in [2.24, 2.45) is 0 Å². The number of hydrogen-bond donors (Lipinski definition) is 3. The zero-order chi connectivity index (χ0) is 15.2. The standard InChI is InChI=1S/C16H19N3O2/c1-18-16(20)11-7-8-13(17)14(9-11)19-10-12-5-3-4-6-15(12)21-2/h3-9,19H,10,17H2,1-2H3,(H,18,20). The third kappa shape index (κ3) is 3.45. The van der Waals surface area contributed by atoms with Crippen LogP contribution in [0.15, 0.2) is 42.5 Å². The average molecular weight is 285 g/mol. The third-order valence-electron chi connectivity index (χ3n) is 3.20. The number of rotatable bonds is 5. The number of carbonyl (C=O) groups is 1. The Kier molecular flexibility index (Phi) is 4.66. The number of benzene rings is 2. The first-order valence-corrected chi connectivity index (χ1v) is 6.63. The highest BCUT2D eigenvalue weighted by Gasteiger charge is 2.08. The molecule has 5 nitrogen and oxygen atoms in total. The van der Waals surface area contributed by atoms with Gasteiger partial charge in [0.25, 0.3) is 5.91 Å². The molecule has 0 unspecified atom stereocenters. The minimum atomic E-state index is -0.143. The highest BCUT2D eigenvalue weighted by molar-refractivity contribution is 5.96. The van der Waals surface area contributed by atoms with Gasteiger partial charge in [-0.05, 0) is 24.3 Å². The summed E-state index contributed by atoms with van der Waals surface area (Å²) in [7, 11) is 3.24. The van der Waals surface area contributed by atoms with Gasteiger partial charge in [-0.1, -0.05) is 18.2 Å². The van der Waals surface area contributed by atoms with Crippen molar-refractivity contribution in [1.82, 2.24) is 5.32 Å². The Bertz CT molecular complexity index is 641.